The van der Waals surface area contributed by atoms with Gasteiger partial charge in [0.15, 0.2) is 5.65 Å². The van der Waals surface area contributed by atoms with Crippen LogP contribution >= 0.6 is 0 Å². The van der Waals surface area contributed by atoms with Gasteiger partial charge in [0, 0.05) is 23.3 Å². The van der Waals surface area contributed by atoms with Gasteiger partial charge in [0.2, 0.25) is 5.95 Å². The second-order valence-corrected chi connectivity index (χ2v) is 6.04. The van der Waals surface area contributed by atoms with Gasteiger partial charge in [-0.1, -0.05) is 0 Å². The summed E-state index contributed by atoms with van der Waals surface area (Å²) in [4.78, 5) is 14.6. The zero-order valence-electron chi connectivity index (χ0n) is 14.2. The number of nitrogens with one attached hydrogen (secondary N) is 2. The summed E-state index contributed by atoms with van der Waals surface area (Å²) < 4.78 is 65.2. The van der Waals surface area contributed by atoms with Crippen LogP contribution in [0.4, 0.5) is 27.9 Å². The standard InChI is InChI=1S/C16H12F5N7/c1-7(16(19,20)21)25-15-24-5-9-8(4-23-14(9)26-15)10-2-3-12-22-6-11(13(17)18)28(12)27-10/h2-7,13H,1H3,(H2,23,24,25,26)/t7-/m1/s1. The van der Waals surface area contributed by atoms with Gasteiger partial charge in [0.1, 0.15) is 17.4 Å². The molecule has 0 amide bonds. The van der Waals surface area contributed by atoms with E-state index >= 15 is 0 Å². The van der Waals surface area contributed by atoms with E-state index in [0.717, 1.165) is 17.6 Å². The van der Waals surface area contributed by atoms with Gasteiger partial charge in [-0.05, 0) is 19.1 Å². The highest BCUT2D eigenvalue weighted by Crippen LogP contribution is 2.28. The number of rotatable bonds is 4. The SMILES string of the molecule is C[C@@H](Nc1ncc2c(-c3ccc4ncc(C(F)F)n4n3)c[nH]c2n1)C(F)(F)F. The maximum absolute atomic E-state index is 13.1. The number of H-pyrrole nitrogens is 1. The van der Waals surface area contributed by atoms with Crippen molar-refractivity contribution in [2.45, 2.75) is 25.6 Å². The van der Waals surface area contributed by atoms with E-state index in [-0.39, 0.29) is 22.9 Å². The predicted molar refractivity (Wildman–Crippen MR) is 90.0 cm³/mol. The monoisotopic (exact) mass is 397 g/mol. The number of hydrogen-bond acceptors (Lipinski definition) is 5. The molecule has 0 spiro atoms. The first-order valence-electron chi connectivity index (χ1n) is 8.04. The number of imidazole rings is 1. The Morgan fingerprint density at radius 2 is 1.93 bits per heavy atom. The first-order chi connectivity index (χ1) is 13.2. The minimum absolute atomic E-state index is 0.191. The molecule has 7 nitrogen and oxygen atoms in total. The number of aromatic amines is 1. The molecule has 4 heterocycles. The number of hydrogen-bond donors (Lipinski definition) is 2. The Morgan fingerprint density at radius 1 is 1.14 bits per heavy atom. The molecular formula is C16H12F5N7. The molecule has 0 unspecified atom stereocenters. The number of halogens is 5. The molecule has 4 aromatic heterocycles. The van der Waals surface area contributed by atoms with Gasteiger partial charge in [0.05, 0.1) is 11.9 Å². The Balaban J connectivity index is 1.72. The summed E-state index contributed by atoms with van der Waals surface area (Å²) in [5.74, 6) is -0.191. The third-order valence-electron chi connectivity index (χ3n) is 4.16. The molecule has 0 aliphatic heterocycles. The van der Waals surface area contributed by atoms with Crippen LogP contribution in [0.2, 0.25) is 0 Å². The average Bonchev–Trinajstić information content (AvgIpc) is 3.23. The molecule has 0 radical (unpaired) electrons. The fourth-order valence-electron chi connectivity index (χ4n) is 2.65. The molecular weight excluding hydrogens is 385 g/mol. The molecule has 4 rings (SSSR count). The van der Waals surface area contributed by atoms with E-state index in [9.17, 15) is 22.0 Å². The fraction of sp³-hybridized carbons (Fsp3) is 0.250. The Hall–Kier alpha value is -3.31. The van der Waals surface area contributed by atoms with Gasteiger partial charge in [-0.15, -0.1) is 0 Å². The van der Waals surface area contributed by atoms with E-state index in [1.807, 2.05) is 0 Å². The lowest BCUT2D eigenvalue weighted by Gasteiger charge is -2.16. The highest BCUT2D eigenvalue weighted by atomic mass is 19.4. The summed E-state index contributed by atoms with van der Waals surface area (Å²) in [7, 11) is 0. The summed E-state index contributed by atoms with van der Waals surface area (Å²) >= 11 is 0. The fourth-order valence-corrected chi connectivity index (χ4v) is 2.65. The van der Waals surface area contributed by atoms with Gasteiger partial charge >= 0.3 is 6.18 Å². The summed E-state index contributed by atoms with van der Waals surface area (Å²) in [5.41, 5.74) is 1.07. The van der Waals surface area contributed by atoms with Crippen LogP contribution in [0, 0.1) is 0 Å². The molecule has 2 N–H and O–H groups in total. The van der Waals surface area contributed by atoms with E-state index in [4.69, 9.17) is 0 Å². The maximum Gasteiger partial charge on any atom is 0.408 e. The number of nitrogens with zero attached hydrogens (tertiary/aromatic N) is 5. The van der Waals surface area contributed by atoms with Crippen molar-refractivity contribution >= 4 is 22.6 Å². The lowest BCUT2D eigenvalue weighted by Crippen LogP contribution is -2.33. The second kappa shape index (κ2) is 6.39. The van der Waals surface area contributed by atoms with Crippen LogP contribution in [0.5, 0.6) is 0 Å². The van der Waals surface area contributed by atoms with Crippen molar-refractivity contribution in [1.29, 1.82) is 0 Å². The quantitative estimate of drug-likeness (QED) is 0.509. The zero-order valence-corrected chi connectivity index (χ0v) is 14.2. The average molecular weight is 397 g/mol. The van der Waals surface area contributed by atoms with Crippen molar-refractivity contribution in [3.05, 3.63) is 36.4 Å². The zero-order chi connectivity index (χ0) is 20.1. The molecule has 0 fully saturated rings. The first kappa shape index (κ1) is 18.1. The smallest absolute Gasteiger partial charge is 0.345 e. The molecule has 0 saturated heterocycles. The lowest BCUT2D eigenvalue weighted by atomic mass is 10.2. The van der Waals surface area contributed by atoms with Crippen molar-refractivity contribution in [3.8, 4) is 11.3 Å². The minimum atomic E-state index is -4.44. The van der Waals surface area contributed by atoms with Crippen molar-refractivity contribution < 1.29 is 22.0 Å². The van der Waals surface area contributed by atoms with Gasteiger partial charge in [-0.2, -0.15) is 23.3 Å². The van der Waals surface area contributed by atoms with Crippen molar-refractivity contribution in [3.63, 3.8) is 0 Å². The van der Waals surface area contributed by atoms with E-state index in [0.29, 0.717) is 16.6 Å². The third-order valence-corrected chi connectivity index (χ3v) is 4.16. The normalized spacial score (nSPS) is 13.5. The van der Waals surface area contributed by atoms with Crippen LogP contribution in [0.25, 0.3) is 27.9 Å². The van der Waals surface area contributed by atoms with Crippen LogP contribution in [0.15, 0.2) is 30.7 Å². The highest BCUT2D eigenvalue weighted by molar-refractivity contribution is 5.92. The van der Waals surface area contributed by atoms with Crippen LogP contribution in [0.3, 0.4) is 0 Å². The third kappa shape index (κ3) is 3.10. The second-order valence-electron chi connectivity index (χ2n) is 6.04. The van der Waals surface area contributed by atoms with Gasteiger partial charge in [-0.3, -0.25) is 0 Å². The topological polar surface area (TPSA) is 83.8 Å². The number of aromatic nitrogens is 6. The number of alkyl halides is 5. The Bertz CT molecular complexity index is 1150. The molecule has 0 aromatic carbocycles. The minimum Gasteiger partial charge on any atom is -0.345 e. The van der Waals surface area contributed by atoms with Gasteiger partial charge in [-0.25, -0.2) is 23.3 Å². The van der Waals surface area contributed by atoms with Crippen LogP contribution < -0.4 is 5.32 Å². The van der Waals surface area contributed by atoms with E-state index in [2.05, 4.69) is 30.4 Å². The largest absolute Gasteiger partial charge is 0.408 e. The lowest BCUT2D eigenvalue weighted by molar-refractivity contribution is -0.138. The Labute approximate surface area is 153 Å². The molecule has 28 heavy (non-hydrogen) atoms. The van der Waals surface area contributed by atoms with E-state index in [1.165, 1.54) is 18.5 Å². The number of anilines is 1. The summed E-state index contributed by atoms with van der Waals surface area (Å²) in [6.07, 6.45) is -3.26. The summed E-state index contributed by atoms with van der Waals surface area (Å²) in [6.45, 7) is 0.957. The molecule has 0 saturated carbocycles. The Morgan fingerprint density at radius 3 is 2.64 bits per heavy atom. The molecule has 1 atom stereocenters. The first-order valence-corrected chi connectivity index (χ1v) is 8.04. The van der Waals surface area contributed by atoms with Gasteiger partial charge < -0.3 is 10.3 Å². The van der Waals surface area contributed by atoms with Crippen molar-refractivity contribution in [2.75, 3.05) is 5.32 Å². The summed E-state index contributed by atoms with van der Waals surface area (Å²) in [5, 5.41) is 6.85. The van der Waals surface area contributed by atoms with Crippen LogP contribution in [-0.2, 0) is 0 Å². The van der Waals surface area contributed by atoms with Gasteiger partial charge in [0.25, 0.3) is 6.43 Å². The molecule has 12 heteroatoms. The number of fused-ring (bicyclic) bond motifs is 2. The molecule has 0 aliphatic carbocycles. The molecule has 146 valence electrons. The highest BCUT2D eigenvalue weighted by Gasteiger charge is 2.36. The predicted octanol–water partition coefficient (Wildman–Crippen LogP) is 3.97. The van der Waals surface area contributed by atoms with Crippen molar-refractivity contribution in [2.24, 2.45) is 0 Å². The Kier molecular flexibility index (Phi) is 4.12. The van der Waals surface area contributed by atoms with E-state index < -0.39 is 18.6 Å². The van der Waals surface area contributed by atoms with Crippen LogP contribution in [-0.4, -0.2) is 41.8 Å². The molecule has 4 aromatic rings. The molecule has 0 aliphatic rings. The molecule has 0 bridgehead atoms. The summed E-state index contributed by atoms with van der Waals surface area (Å²) in [6, 6.07) is 1.31. The maximum atomic E-state index is 13.1. The van der Waals surface area contributed by atoms with Crippen molar-refractivity contribution in [1.82, 2.24) is 29.5 Å². The van der Waals surface area contributed by atoms with E-state index in [1.54, 1.807) is 6.07 Å². The van der Waals surface area contributed by atoms with Crippen LogP contribution in [0.1, 0.15) is 19.0 Å².